The van der Waals surface area contributed by atoms with Gasteiger partial charge in [-0.1, -0.05) is 334 Å². The summed E-state index contributed by atoms with van der Waals surface area (Å²) in [6.07, 6.45) is -16.7. The zero-order chi connectivity index (χ0) is 89.2. The van der Waals surface area contributed by atoms with Crippen molar-refractivity contribution >= 4 is 15.6 Å². The number of unbranched alkanes of at least 4 members (excludes halogenated alkanes) is 2. The Morgan fingerprint density at radius 2 is 0.492 bits per heavy atom. The van der Waals surface area contributed by atoms with Gasteiger partial charge in [-0.05, 0) is 87.0 Å². The molecule has 11 rings (SSSR count). The molecule has 0 aliphatic carbocycles. The Morgan fingerprint density at radius 1 is 0.242 bits per heavy atom. The molecular formula is C102H119F2NO21P2. The molecule has 0 heterocycles. The summed E-state index contributed by atoms with van der Waals surface area (Å²) in [5.41, 5.74) is 13.9. The first-order chi connectivity index (χ1) is 62.9. The summed E-state index contributed by atoms with van der Waals surface area (Å²) in [6.45, 7) is -3.14. The largest absolute Gasteiger partial charge is 0.475 e. The highest BCUT2D eigenvalue weighted by atomic mass is 31.2. The molecule has 11 aromatic rings. The van der Waals surface area contributed by atoms with E-state index in [1.54, 1.807) is 30.3 Å². The molecule has 14 unspecified atom stereocenters. The van der Waals surface area contributed by atoms with Gasteiger partial charge in [0.25, 0.3) is 0 Å². The van der Waals surface area contributed by atoms with Crippen molar-refractivity contribution in [3.63, 3.8) is 0 Å². The summed E-state index contributed by atoms with van der Waals surface area (Å²) in [5, 5.41) is 0. The first-order valence-electron chi connectivity index (χ1n) is 43.2. The highest BCUT2D eigenvalue weighted by molar-refractivity contribution is 7.48. The van der Waals surface area contributed by atoms with Crippen LogP contribution < -0.4 is 5.73 Å². The SMILES string of the molecule is COC(COCc1ccccc1)C(OCc1ccccc1)C(F)OCC(OCc1ccccc1)C(OCc1ccccc1)C(COP(=O)(OCc1ccccc1)OC(C(F)OCC(OCc1ccccc1)C(OCc1ccccc1)C(COP(=O)(OCCCCCN)OCc1ccccc1)OCc1ccccc1)C(COCc1ccccc1)OC)OCc1ccccc1. The third-order valence-electron chi connectivity index (χ3n) is 20.6. The van der Waals surface area contributed by atoms with E-state index >= 15 is 17.9 Å². The van der Waals surface area contributed by atoms with Crippen molar-refractivity contribution in [2.75, 3.05) is 67.0 Å². The van der Waals surface area contributed by atoms with E-state index in [2.05, 4.69) is 0 Å². The quantitative estimate of drug-likeness (QED) is 0.0275. The lowest BCUT2D eigenvalue weighted by Crippen LogP contribution is -2.49. The summed E-state index contributed by atoms with van der Waals surface area (Å²) in [4.78, 5) is 0. The standard InChI is InChI=1S/C102H119F2NO21P2/c1-108-91(74-110-63-80-39-15-3-16-40-80)99(118-71-88-55-31-11-32-56-88)101(103)119-76-93(112-65-82-43-19-5-20-44-82)98(117-70-87-53-29-10-30-54-87)96(115-68-85-49-25-8-26-50-85)79-125-128(107,123-73-90-59-35-13-36-60-90)126-100(92(109-2)75-111-64-81-41-17-4-18-42-81)102(104)120-77-94(113-66-83-45-21-6-22-46-83)97(116-69-86-51-27-9-28-52-86)95(114-67-84-47-23-7-24-48-84)78-124-127(106,121-62-38-14-37-61-105)122-72-89-57-33-12-34-58-89/h3-13,15-36,39-60,91-102H,14,37-38,61-79,105H2,1-2H3. The number of hydrogen-bond donors (Lipinski definition) is 1. The normalized spacial score (nSPS) is 15.5. The van der Waals surface area contributed by atoms with Crippen LogP contribution in [0.15, 0.2) is 334 Å². The first kappa shape index (κ1) is 99.5. The first-order valence-corrected chi connectivity index (χ1v) is 46.1. The third kappa shape index (κ3) is 36.0. The number of halogens is 2. The molecule has 0 saturated heterocycles. The minimum atomic E-state index is -5.33. The number of nitrogens with two attached hydrogens (primary N) is 1. The van der Waals surface area contributed by atoms with Crippen molar-refractivity contribution in [1.29, 1.82) is 0 Å². The lowest BCUT2D eigenvalue weighted by molar-refractivity contribution is -0.221. The van der Waals surface area contributed by atoms with E-state index < -0.39 is 122 Å². The Kier molecular flexibility index (Phi) is 44.5. The van der Waals surface area contributed by atoms with E-state index in [9.17, 15) is 0 Å². The van der Waals surface area contributed by atoms with Gasteiger partial charge < -0.3 is 67.3 Å². The molecule has 0 radical (unpaired) electrons. The second kappa shape index (κ2) is 57.2. The van der Waals surface area contributed by atoms with Crippen molar-refractivity contribution in [1.82, 2.24) is 0 Å². The summed E-state index contributed by atoms with van der Waals surface area (Å²) in [7, 11) is -7.03. The van der Waals surface area contributed by atoms with E-state index in [0.29, 0.717) is 42.5 Å². The molecule has 682 valence electrons. The predicted octanol–water partition coefficient (Wildman–Crippen LogP) is 20.4. The second-order valence-electron chi connectivity index (χ2n) is 30.3. The fourth-order valence-corrected chi connectivity index (χ4v) is 16.1. The van der Waals surface area contributed by atoms with Crippen LogP contribution in [0.3, 0.4) is 0 Å². The highest BCUT2D eigenvalue weighted by Crippen LogP contribution is 2.54. The van der Waals surface area contributed by atoms with E-state index in [0.717, 1.165) is 44.5 Å². The molecule has 11 aromatic carbocycles. The van der Waals surface area contributed by atoms with Gasteiger partial charge in [-0.15, -0.1) is 0 Å². The molecule has 26 heteroatoms. The summed E-state index contributed by atoms with van der Waals surface area (Å²) < 4.78 is 194. The predicted molar refractivity (Wildman–Crippen MR) is 484 cm³/mol. The second-order valence-corrected chi connectivity index (χ2v) is 33.6. The molecule has 14 atom stereocenters. The molecule has 22 nitrogen and oxygen atoms in total. The van der Waals surface area contributed by atoms with Crippen molar-refractivity contribution in [2.24, 2.45) is 5.73 Å². The van der Waals surface area contributed by atoms with Crippen LogP contribution in [0.4, 0.5) is 8.78 Å². The Bertz CT molecular complexity index is 4790. The van der Waals surface area contributed by atoms with Crippen LogP contribution in [-0.4, -0.2) is 141 Å². The van der Waals surface area contributed by atoms with Gasteiger partial charge >= 0.3 is 15.6 Å². The van der Waals surface area contributed by atoms with Gasteiger partial charge in [0, 0.05) is 14.2 Å². The molecular weight excluding hydrogens is 1680 g/mol. The van der Waals surface area contributed by atoms with Crippen molar-refractivity contribution in [3.05, 3.63) is 395 Å². The number of rotatable bonds is 65. The Hall–Kier alpha value is -9.06. The lowest BCUT2D eigenvalue weighted by atomic mass is 10.1. The number of ether oxygens (including phenoxy) is 13. The number of phosphoric ester groups is 2. The maximum absolute atomic E-state index is 19.2. The van der Waals surface area contributed by atoms with Gasteiger partial charge in [-0.3, -0.25) is 27.1 Å². The Labute approximate surface area is 751 Å². The average molecular weight is 1800 g/mol. The zero-order valence-corrected chi connectivity index (χ0v) is 74.3. The molecule has 0 aliphatic rings. The molecule has 0 spiro atoms. The van der Waals surface area contributed by atoms with Crippen LogP contribution >= 0.6 is 15.6 Å². The summed E-state index contributed by atoms with van der Waals surface area (Å²) in [6, 6.07) is 102. The van der Waals surface area contributed by atoms with Crippen LogP contribution in [0.1, 0.15) is 80.5 Å². The molecule has 0 amide bonds. The van der Waals surface area contributed by atoms with Crippen LogP contribution in [0.25, 0.3) is 0 Å². The summed E-state index contributed by atoms with van der Waals surface area (Å²) in [5.74, 6) is 0. The van der Waals surface area contributed by atoms with Crippen LogP contribution in [0.2, 0.25) is 0 Å². The zero-order valence-electron chi connectivity index (χ0n) is 72.5. The van der Waals surface area contributed by atoms with E-state index in [4.69, 9.17) is 94.5 Å². The van der Waals surface area contributed by atoms with Crippen molar-refractivity contribution in [3.8, 4) is 0 Å². The van der Waals surface area contributed by atoms with Gasteiger partial charge in [0.05, 0.1) is 119 Å². The third-order valence-corrected chi connectivity index (χ3v) is 23.5. The number of phosphoric acid groups is 2. The number of benzene rings is 11. The monoisotopic (exact) mass is 1790 g/mol. The van der Waals surface area contributed by atoms with E-state index in [1.807, 2.05) is 303 Å². The molecule has 0 saturated carbocycles. The number of alkyl halides is 2. The maximum atomic E-state index is 19.2. The van der Waals surface area contributed by atoms with Gasteiger partial charge in [0.15, 0.2) is 6.10 Å². The molecule has 0 bridgehead atoms. The Balaban J connectivity index is 0.969. The molecule has 128 heavy (non-hydrogen) atoms. The van der Waals surface area contributed by atoms with Crippen molar-refractivity contribution in [2.45, 2.75) is 166 Å². The van der Waals surface area contributed by atoms with E-state index in [1.165, 1.54) is 14.2 Å². The molecule has 0 aromatic heterocycles. The van der Waals surface area contributed by atoms with Gasteiger partial charge in [0.1, 0.15) is 54.9 Å². The fraction of sp³-hybridized carbons (Fsp3) is 0.353. The number of hydrogen-bond acceptors (Lipinski definition) is 22. The minimum absolute atomic E-state index is 0.00818. The number of methoxy groups -OCH3 is 2. The average Bonchev–Trinajstić information content (AvgIpc) is 0.815. The molecule has 0 aliphatic heterocycles. The highest BCUT2D eigenvalue weighted by Gasteiger charge is 2.46. The fourth-order valence-electron chi connectivity index (χ4n) is 13.5. The van der Waals surface area contributed by atoms with Crippen LogP contribution in [0.5, 0.6) is 0 Å². The van der Waals surface area contributed by atoms with Gasteiger partial charge in [0.2, 0.25) is 12.7 Å². The van der Waals surface area contributed by atoms with Crippen LogP contribution in [0, 0.1) is 0 Å². The maximum Gasteiger partial charge on any atom is 0.475 e. The summed E-state index contributed by atoms with van der Waals surface area (Å²) >= 11 is 0. The van der Waals surface area contributed by atoms with Gasteiger partial charge in [-0.2, -0.15) is 0 Å². The Morgan fingerprint density at radius 3 is 0.797 bits per heavy atom. The smallest absolute Gasteiger partial charge is 0.376 e. The molecule has 0 fully saturated rings. The molecule has 2 N–H and O–H groups in total. The van der Waals surface area contributed by atoms with Gasteiger partial charge in [-0.25, -0.2) is 17.9 Å². The minimum Gasteiger partial charge on any atom is -0.376 e. The topological polar surface area (TPSA) is 236 Å². The van der Waals surface area contributed by atoms with Crippen molar-refractivity contribution < 1.29 is 107 Å². The van der Waals surface area contributed by atoms with E-state index in [-0.39, 0.29) is 85.9 Å². The lowest BCUT2D eigenvalue weighted by Gasteiger charge is -2.36. The van der Waals surface area contributed by atoms with Crippen LogP contribution in [-0.2, 0) is 171 Å².